The molecule has 4 heteroatoms. The molecule has 4 nitrogen and oxygen atoms in total. The van der Waals surface area contributed by atoms with E-state index in [-0.39, 0.29) is 5.91 Å². The number of nitrogens with zero attached hydrogens (tertiary/aromatic N) is 2. The van der Waals surface area contributed by atoms with Crippen LogP contribution in [0.2, 0.25) is 0 Å². The van der Waals surface area contributed by atoms with Crippen LogP contribution < -0.4 is 5.32 Å². The van der Waals surface area contributed by atoms with E-state index in [1.165, 1.54) is 6.08 Å². The van der Waals surface area contributed by atoms with Crippen molar-refractivity contribution in [1.82, 2.24) is 14.7 Å². The summed E-state index contributed by atoms with van der Waals surface area (Å²) in [6.45, 7) is 4.00. The molecule has 86 valence electrons. The molecule has 0 saturated carbocycles. The smallest absolute Gasteiger partial charge is 0.244 e. The second kappa shape index (κ2) is 5.12. The van der Waals surface area contributed by atoms with Crippen LogP contribution in [0.1, 0.15) is 5.69 Å². The lowest BCUT2D eigenvalue weighted by Crippen LogP contribution is -2.20. The number of amides is 1. The molecule has 0 spiro atoms. The maximum Gasteiger partial charge on any atom is 0.244 e. The van der Waals surface area contributed by atoms with Gasteiger partial charge in [-0.2, -0.15) is 0 Å². The molecular formula is C13H13N3O. The largest absolute Gasteiger partial charge is 0.349 e. The maximum atomic E-state index is 11.4. The van der Waals surface area contributed by atoms with Crippen LogP contribution in [0.5, 0.6) is 0 Å². The van der Waals surface area contributed by atoms with Crippen molar-refractivity contribution >= 4 is 17.6 Å². The Morgan fingerprint density at radius 1 is 1.53 bits per heavy atom. The number of aromatic nitrogens is 2. The molecule has 2 rings (SSSR count). The fourth-order valence-corrected chi connectivity index (χ4v) is 1.47. The molecule has 2 aromatic heterocycles. The number of rotatable bonds is 4. The molecule has 0 aliphatic rings. The summed E-state index contributed by atoms with van der Waals surface area (Å²) >= 11 is 0. The van der Waals surface area contributed by atoms with E-state index in [0.717, 1.165) is 11.3 Å². The Kier molecular flexibility index (Phi) is 3.35. The molecule has 0 unspecified atom stereocenters. The highest BCUT2D eigenvalue weighted by Crippen LogP contribution is 2.07. The Morgan fingerprint density at radius 3 is 3.24 bits per heavy atom. The number of carbonyl (C=O) groups excluding carboxylic acids is 1. The Morgan fingerprint density at radius 2 is 2.41 bits per heavy atom. The van der Waals surface area contributed by atoms with Crippen LogP contribution >= 0.6 is 0 Å². The molecule has 0 bridgehead atoms. The van der Waals surface area contributed by atoms with Crippen molar-refractivity contribution in [2.24, 2.45) is 0 Å². The van der Waals surface area contributed by atoms with Crippen LogP contribution in [0, 0.1) is 0 Å². The van der Waals surface area contributed by atoms with Crippen molar-refractivity contribution in [3.63, 3.8) is 0 Å². The number of imidazole rings is 1. The number of hydrogen-bond donors (Lipinski definition) is 1. The molecule has 0 fully saturated rings. The standard InChI is InChI=1S/C13H13N3O/c1-2-8-14-13(17)7-6-11-10-15-12-5-3-4-9-16(11)12/h2-7,9-10H,1,8H2,(H,14,17)/b7-6+. The van der Waals surface area contributed by atoms with Crippen molar-refractivity contribution in [2.75, 3.05) is 6.54 Å². The van der Waals surface area contributed by atoms with Gasteiger partial charge in [-0.15, -0.1) is 6.58 Å². The predicted molar refractivity (Wildman–Crippen MR) is 67.4 cm³/mol. The van der Waals surface area contributed by atoms with Gasteiger partial charge in [-0.1, -0.05) is 12.1 Å². The number of hydrogen-bond acceptors (Lipinski definition) is 2. The normalized spacial score (nSPS) is 10.8. The quantitative estimate of drug-likeness (QED) is 0.637. The second-order valence-corrected chi connectivity index (χ2v) is 3.48. The summed E-state index contributed by atoms with van der Waals surface area (Å²) in [7, 11) is 0. The van der Waals surface area contributed by atoms with Gasteiger partial charge in [0.2, 0.25) is 5.91 Å². The molecule has 0 radical (unpaired) electrons. The van der Waals surface area contributed by atoms with E-state index in [4.69, 9.17) is 0 Å². The summed E-state index contributed by atoms with van der Waals surface area (Å²) in [5, 5.41) is 2.67. The van der Waals surface area contributed by atoms with Gasteiger partial charge < -0.3 is 9.72 Å². The first kappa shape index (κ1) is 11.1. The van der Waals surface area contributed by atoms with Crippen molar-refractivity contribution in [3.8, 4) is 0 Å². The number of carbonyl (C=O) groups is 1. The van der Waals surface area contributed by atoms with Gasteiger partial charge in [0.05, 0.1) is 11.9 Å². The SMILES string of the molecule is C=CCNC(=O)/C=C/c1cnc2ccccn12. The van der Waals surface area contributed by atoms with E-state index < -0.39 is 0 Å². The fraction of sp³-hybridized carbons (Fsp3) is 0.0769. The molecule has 0 aromatic carbocycles. The Hall–Kier alpha value is -2.36. The lowest BCUT2D eigenvalue weighted by molar-refractivity contribution is -0.116. The van der Waals surface area contributed by atoms with Gasteiger partial charge >= 0.3 is 0 Å². The number of nitrogens with one attached hydrogen (secondary N) is 1. The van der Waals surface area contributed by atoms with E-state index in [9.17, 15) is 4.79 Å². The van der Waals surface area contributed by atoms with Crippen molar-refractivity contribution in [2.45, 2.75) is 0 Å². The lowest BCUT2D eigenvalue weighted by Gasteiger charge is -1.96. The molecule has 2 aromatic rings. The molecule has 0 aliphatic heterocycles. The minimum absolute atomic E-state index is 0.143. The van der Waals surface area contributed by atoms with Gasteiger partial charge in [0.15, 0.2) is 0 Å². The molecule has 1 amide bonds. The Bertz CT molecular complexity index is 569. The summed E-state index contributed by atoms with van der Waals surface area (Å²) in [5.41, 5.74) is 1.73. The number of fused-ring (bicyclic) bond motifs is 1. The van der Waals surface area contributed by atoms with Crippen molar-refractivity contribution in [1.29, 1.82) is 0 Å². The fourth-order valence-electron chi connectivity index (χ4n) is 1.47. The lowest BCUT2D eigenvalue weighted by atomic mass is 10.3. The first-order chi connectivity index (χ1) is 8.31. The molecule has 0 aliphatic carbocycles. The van der Waals surface area contributed by atoms with E-state index in [2.05, 4.69) is 16.9 Å². The van der Waals surface area contributed by atoms with Crippen LogP contribution in [-0.4, -0.2) is 21.8 Å². The van der Waals surface area contributed by atoms with Crippen LogP contribution in [0.3, 0.4) is 0 Å². The monoisotopic (exact) mass is 227 g/mol. The number of pyridine rings is 1. The minimum Gasteiger partial charge on any atom is -0.349 e. The average molecular weight is 227 g/mol. The van der Waals surface area contributed by atoms with E-state index >= 15 is 0 Å². The van der Waals surface area contributed by atoms with Crippen LogP contribution in [-0.2, 0) is 4.79 Å². The zero-order chi connectivity index (χ0) is 12.1. The molecule has 1 N–H and O–H groups in total. The second-order valence-electron chi connectivity index (χ2n) is 3.48. The third-order valence-electron chi connectivity index (χ3n) is 2.27. The third kappa shape index (κ3) is 2.60. The van der Waals surface area contributed by atoms with E-state index in [0.29, 0.717) is 6.54 Å². The zero-order valence-electron chi connectivity index (χ0n) is 9.34. The highest BCUT2D eigenvalue weighted by Gasteiger charge is 1.99. The Labute approximate surface area is 99.3 Å². The summed E-state index contributed by atoms with van der Waals surface area (Å²) in [4.78, 5) is 15.6. The van der Waals surface area contributed by atoms with Gasteiger partial charge in [0, 0.05) is 18.8 Å². The zero-order valence-corrected chi connectivity index (χ0v) is 9.34. The van der Waals surface area contributed by atoms with E-state index in [1.54, 1.807) is 18.3 Å². The predicted octanol–water partition coefficient (Wildman–Crippen LogP) is 1.65. The topological polar surface area (TPSA) is 46.4 Å². The molecule has 0 atom stereocenters. The van der Waals surface area contributed by atoms with Gasteiger partial charge in [-0.05, 0) is 18.2 Å². The van der Waals surface area contributed by atoms with Crippen LogP contribution in [0.4, 0.5) is 0 Å². The average Bonchev–Trinajstić information content (AvgIpc) is 2.77. The summed E-state index contributed by atoms with van der Waals surface area (Å²) < 4.78 is 1.91. The van der Waals surface area contributed by atoms with Crippen LogP contribution in [0.15, 0.2) is 49.3 Å². The van der Waals surface area contributed by atoms with Gasteiger partial charge in [0.25, 0.3) is 0 Å². The van der Waals surface area contributed by atoms with Gasteiger partial charge in [-0.25, -0.2) is 4.98 Å². The van der Waals surface area contributed by atoms with Crippen molar-refractivity contribution in [3.05, 3.63) is 55.0 Å². The highest BCUT2D eigenvalue weighted by molar-refractivity contribution is 5.91. The first-order valence-corrected chi connectivity index (χ1v) is 5.30. The summed E-state index contributed by atoms with van der Waals surface area (Å²) in [5.74, 6) is -0.143. The van der Waals surface area contributed by atoms with E-state index in [1.807, 2.05) is 28.8 Å². The van der Waals surface area contributed by atoms with Crippen LogP contribution in [0.25, 0.3) is 11.7 Å². The Balaban J connectivity index is 2.15. The molecular weight excluding hydrogens is 214 g/mol. The minimum atomic E-state index is -0.143. The van der Waals surface area contributed by atoms with Crippen molar-refractivity contribution < 1.29 is 4.79 Å². The maximum absolute atomic E-state index is 11.4. The first-order valence-electron chi connectivity index (χ1n) is 5.30. The highest BCUT2D eigenvalue weighted by atomic mass is 16.1. The van der Waals surface area contributed by atoms with Gasteiger partial charge in [0.1, 0.15) is 5.65 Å². The molecule has 17 heavy (non-hydrogen) atoms. The summed E-state index contributed by atoms with van der Waals surface area (Å²) in [6, 6.07) is 5.76. The van der Waals surface area contributed by atoms with Gasteiger partial charge in [-0.3, -0.25) is 4.79 Å². The third-order valence-corrected chi connectivity index (χ3v) is 2.27. The molecule has 0 saturated heterocycles. The summed E-state index contributed by atoms with van der Waals surface area (Å²) in [6.07, 6.45) is 8.49. The molecule has 2 heterocycles.